The maximum absolute atomic E-state index is 13.0. The van der Waals surface area contributed by atoms with Crippen LogP contribution in [-0.2, 0) is 14.3 Å². The van der Waals surface area contributed by atoms with Gasteiger partial charge < -0.3 is 20.1 Å². The van der Waals surface area contributed by atoms with Gasteiger partial charge in [0.2, 0.25) is 0 Å². The van der Waals surface area contributed by atoms with E-state index in [0.29, 0.717) is 18.3 Å². The van der Waals surface area contributed by atoms with Crippen LogP contribution in [0, 0.1) is 56.7 Å². The second kappa shape index (κ2) is 10.7. The fourth-order valence-corrected chi connectivity index (χ4v) is 12.8. The van der Waals surface area contributed by atoms with Crippen molar-refractivity contribution >= 4 is 18.0 Å². The van der Waals surface area contributed by atoms with E-state index >= 15 is 0 Å². The summed E-state index contributed by atoms with van der Waals surface area (Å²) in [4.78, 5) is 26.0. The summed E-state index contributed by atoms with van der Waals surface area (Å²) < 4.78 is 6.05. The van der Waals surface area contributed by atoms with Gasteiger partial charge in [0.25, 0.3) is 0 Å². The third kappa shape index (κ3) is 4.58. The van der Waals surface area contributed by atoms with Crippen molar-refractivity contribution < 1.29 is 29.6 Å². The van der Waals surface area contributed by atoms with Gasteiger partial charge in [0.15, 0.2) is 0 Å². The first-order chi connectivity index (χ1) is 21.0. The molecule has 5 fully saturated rings. The molecule has 0 aliphatic heterocycles. The predicted octanol–water partition coefficient (Wildman–Crippen LogP) is 8.03. The third-order valence-corrected chi connectivity index (χ3v) is 14.9. The van der Waals surface area contributed by atoms with E-state index < -0.39 is 35.0 Å². The Morgan fingerprint density at radius 2 is 1.60 bits per heavy atom. The van der Waals surface area contributed by atoms with Crippen LogP contribution in [0.3, 0.4) is 0 Å². The Morgan fingerprint density at radius 3 is 2.24 bits per heavy atom. The van der Waals surface area contributed by atoms with Gasteiger partial charge >= 0.3 is 11.9 Å². The van der Waals surface area contributed by atoms with E-state index in [0.717, 1.165) is 62.5 Å². The number of phenolic OH excluding ortho intramolecular Hbond substituents is 1. The smallest absolute Gasteiger partial charge is 0.331 e. The number of allylic oxidation sites excluding steroid dienone is 1. The molecule has 11 atom stereocenters. The van der Waals surface area contributed by atoms with Gasteiger partial charge in [-0.15, -0.1) is 0 Å². The van der Waals surface area contributed by atoms with E-state index in [1.54, 1.807) is 30.3 Å². The SMILES string of the molecule is C=C(C)[C@@H]1CC[C@]2(C(=O)O)CC[C@]3(C)[C@@H](CC[C@@H]4[C@@]5(C)C[C@@H](O)[C@H](OC(=O)C=Cc6ccc(O)cc6)C(C)(C)[C@@H]5CC[C@]43C)[C@H]12. The van der Waals surface area contributed by atoms with Gasteiger partial charge in [-0.3, -0.25) is 4.79 Å². The molecule has 0 heterocycles. The second-order valence-corrected chi connectivity index (χ2v) is 17.0. The minimum Gasteiger partial charge on any atom is -0.508 e. The van der Waals surface area contributed by atoms with Gasteiger partial charge in [0, 0.05) is 11.5 Å². The topological polar surface area (TPSA) is 104 Å². The second-order valence-electron chi connectivity index (χ2n) is 17.0. The number of aromatic hydroxyl groups is 1. The number of carbonyl (C=O) groups is 2. The van der Waals surface area contributed by atoms with Gasteiger partial charge in [-0.2, -0.15) is 0 Å². The molecule has 45 heavy (non-hydrogen) atoms. The number of phenols is 1. The molecule has 0 aromatic heterocycles. The molecule has 0 bridgehead atoms. The van der Waals surface area contributed by atoms with Crippen molar-refractivity contribution in [2.24, 2.45) is 56.7 Å². The molecule has 1 aromatic rings. The number of rotatable bonds is 5. The summed E-state index contributed by atoms with van der Waals surface area (Å²) in [6, 6.07) is 6.62. The average molecular weight is 619 g/mol. The van der Waals surface area contributed by atoms with Crippen molar-refractivity contribution in [2.75, 3.05) is 0 Å². The van der Waals surface area contributed by atoms with Crippen molar-refractivity contribution in [2.45, 2.75) is 112 Å². The Labute approximate surface area is 269 Å². The highest BCUT2D eigenvalue weighted by atomic mass is 16.6. The lowest BCUT2D eigenvalue weighted by Gasteiger charge is -2.73. The number of ether oxygens (including phenoxy) is 1. The van der Waals surface area contributed by atoms with Gasteiger partial charge in [0.05, 0.1) is 11.5 Å². The van der Waals surface area contributed by atoms with Crippen molar-refractivity contribution in [3.05, 3.63) is 48.1 Å². The number of carbonyl (C=O) groups excluding carboxylic acids is 1. The number of aliphatic hydroxyl groups excluding tert-OH is 1. The standard InChI is InChI=1S/C39H54O6/c1-23(2)26-16-19-39(34(43)44)21-20-37(6)27(32(26)39)13-14-30-36(5)22-28(41)33(35(3,4)29(36)17-18-38(30,37)7)45-31(42)15-10-24-8-11-25(40)12-9-24/h8-12,15,26-30,32-33,40-41H,1,13-14,16-22H2,2-7H3,(H,43,44)/t26-,27-,28+,29-,30+,32-,33-,36-,37+,38+,39-/m0/s1. The molecule has 5 aliphatic carbocycles. The molecule has 5 saturated carbocycles. The molecule has 5 aliphatic rings. The van der Waals surface area contributed by atoms with Gasteiger partial charge in [0.1, 0.15) is 11.9 Å². The van der Waals surface area contributed by atoms with E-state index in [4.69, 9.17) is 4.74 Å². The number of hydrogen-bond acceptors (Lipinski definition) is 5. The molecule has 3 N–H and O–H groups in total. The highest BCUT2D eigenvalue weighted by Gasteiger charge is 2.72. The summed E-state index contributed by atoms with van der Waals surface area (Å²) in [6.07, 6.45) is 9.82. The monoisotopic (exact) mass is 618 g/mol. The lowest BCUT2D eigenvalue weighted by atomic mass is 9.32. The van der Waals surface area contributed by atoms with Crippen LogP contribution in [0.25, 0.3) is 6.08 Å². The maximum atomic E-state index is 13.0. The summed E-state index contributed by atoms with van der Waals surface area (Å²) in [5.41, 5.74) is 0.796. The third-order valence-electron chi connectivity index (χ3n) is 14.9. The predicted molar refractivity (Wildman–Crippen MR) is 175 cm³/mol. The summed E-state index contributed by atoms with van der Waals surface area (Å²) in [5.74, 6) is 0.537. The van der Waals surface area contributed by atoms with Crippen LogP contribution in [0.5, 0.6) is 5.75 Å². The molecule has 0 saturated heterocycles. The van der Waals surface area contributed by atoms with Crippen molar-refractivity contribution in [3.63, 3.8) is 0 Å². The van der Waals surface area contributed by atoms with Crippen molar-refractivity contribution in [1.29, 1.82) is 0 Å². The Kier molecular flexibility index (Phi) is 7.70. The molecule has 6 rings (SSSR count). The fraction of sp³-hybridized carbons (Fsp3) is 0.692. The van der Waals surface area contributed by atoms with Crippen LogP contribution in [-0.4, -0.2) is 39.5 Å². The number of benzene rings is 1. The first kappa shape index (κ1) is 32.3. The lowest BCUT2D eigenvalue weighted by molar-refractivity contribution is -0.265. The Morgan fingerprint density at radius 1 is 0.911 bits per heavy atom. The van der Waals surface area contributed by atoms with Crippen LogP contribution in [0.1, 0.15) is 105 Å². The fourth-order valence-electron chi connectivity index (χ4n) is 12.8. The zero-order valence-electron chi connectivity index (χ0n) is 28.1. The number of aliphatic carboxylic acids is 1. The number of carboxylic acid groups (broad SMARTS) is 1. The molecule has 0 unspecified atom stereocenters. The summed E-state index contributed by atoms with van der Waals surface area (Å²) in [6.45, 7) is 18.2. The highest BCUT2D eigenvalue weighted by Crippen LogP contribution is 2.77. The highest BCUT2D eigenvalue weighted by molar-refractivity contribution is 5.87. The van der Waals surface area contributed by atoms with Crippen LogP contribution < -0.4 is 0 Å². The van der Waals surface area contributed by atoms with Crippen LogP contribution in [0.15, 0.2) is 42.5 Å². The first-order valence-electron chi connectivity index (χ1n) is 17.3. The lowest BCUT2D eigenvalue weighted by Crippen LogP contribution is -2.69. The van der Waals surface area contributed by atoms with Gasteiger partial charge in [-0.25, -0.2) is 4.79 Å². The zero-order valence-corrected chi connectivity index (χ0v) is 28.1. The summed E-state index contributed by atoms with van der Waals surface area (Å²) >= 11 is 0. The van der Waals surface area contributed by atoms with Crippen molar-refractivity contribution in [1.82, 2.24) is 0 Å². The number of aliphatic hydroxyl groups is 1. The number of carboxylic acids is 1. The molecule has 6 nitrogen and oxygen atoms in total. The maximum Gasteiger partial charge on any atom is 0.331 e. The molecular formula is C39H54O6. The Balaban J connectivity index is 1.27. The van der Waals surface area contributed by atoms with Crippen LogP contribution in [0.4, 0.5) is 0 Å². The van der Waals surface area contributed by atoms with E-state index in [-0.39, 0.29) is 39.7 Å². The molecule has 6 heteroatoms. The van der Waals surface area contributed by atoms with Gasteiger partial charge in [-0.05, 0) is 134 Å². The first-order valence-corrected chi connectivity index (χ1v) is 17.3. The normalized spacial score (nSPS) is 45.1. The number of esters is 1. The van der Waals surface area contributed by atoms with Crippen LogP contribution >= 0.6 is 0 Å². The van der Waals surface area contributed by atoms with Crippen molar-refractivity contribution in [3.8, 4) is 5.75 Å². The van der Waals surface area contributed by atoms with Crippen LogP contribution in [0.2, 0.25) is 0 Å². The van der Waals surface area contributed by atoms with E-state index in [2.05, 4.69) is 48.1 Å². The minimum absolute atomic E-state index is 0.0169. The zero-order chi connectivity index (χ0) is 32.7. The average Bonchev–Trinajstić information content (AvgIpc) is 3.37. The molecule has 0 amide bonds. The Hall–Kier alpha value is -2.60. The van der Waals surface area contributed by atoms with E-state index in [1.807, 2.05) is 0 Å². The molecule has 1 aromatic carbocycles. The van der Waals surface area contributed by atoms with E-state index in [1.165, 1.54) is 6.08 Å². The number of hydrogen-bond donors (Lipinski definition) is 3. The molecule has 0 spiro atoms. The molecular weight excluding hydrogens is 564 g/mol. The van der Waals surface area contributed by atoms with Gasteiger partial charge in [-0.1, -0.05) is 58.9 Å². The quantitative estimate of drug-likeness (QED) is 0.175. The largest absolute Gasteiger partial charge is 0.508 e. The summed E-state index contributed by atoms with van der Waals surface area (Å²) in [7, 11) is 0. The van der Waals surface area contributed by atoms with E-state index in [9.17, 15) is 24.9 Å². The molecule has 0 radical (unpaired) electrons. The number of fused-ring (bicyclic) bond motifs is 7. The Bertz CT molecular complexity index is 1390. The molecule has 246 valence electrons. The minimum atomic E-state index is -0.770. The summed E-state index contributed by atoms with van der Waals surface area (Å²) in [5, 5.41) is 31.9.